The number of nitrogens with zero attached hydrogens (tertiary/aromatic N) is 2. The summed E-state index contributed by atoms with van der Waals surface area (Å²) in [6.07, 6.45) is -4.57. The second-order valence-corrected chi connectivity index (χ2v) is 7.28. The Balaban J connectivity index is 1.87. The van der Waals surface area contributed by atoms with E-state index in [0.29, 0.717) is 22.3 Å². The van der Waals surface area contributed by atoms with E-state index in [0.717, 1.165) is 6.07 Å². The molecule has 0 aliphatic carbocycles. The van der Waals surface area contributed by atoms with Crippen LogP contribution in [0.5, 0.6) is 11.8 Å². The number of anilines is 1. The molecule has 1 aliphatic heterocycles. The summed E-state index contributed by atoms with van der Waals surface area (Å²) in [6.45, 7) is 1.47. The summed E-state index contributed by atoms with van der Waals surface area (Å²) in [7, 11) is 0. The van der Waals surface area contributed by atoms with Gasteiger partial charge in [-0.2, -0.15) is 23.1 Å². The highest BCUT2D eigenvalue weighted by atomic mass is 79.9. The van der Waals surface area contributed by atoms with Crippen LogP contribution in [0.1, 0.15) is 24.1 Å². The zero-order chi connectivity index (χ0) is 20.8. The van der Waals surface area contributed by atoms with Crippen molar-refractivity contribution >= 4 is 32.7 Å². The van der Waals surface area contributed by atoms with Gasteiger partial charge < -0.3 is 14.8 Å². The first-order valence-electron chi connectivity index (χ1n) is 8.63. The smallest absolute Gasteiger partial charge is 0.419 e. The van der Waals surface area contributed by atoms with Crippen LogP contribution in [-0.2, 0) is 6.18 Å². The molecule has 2 heterocycles. The fraction of sp³-hybridized carbons (Fsp3) is 0.263. The maximum Gasteiger partial charge on any atom is 0.419 e. The van der Waals surface area contributed by atoms with Crippen molar-refractivity contribution in [2.24, 2.45) is 0 Å². The maximum absolute atomic E-state index is 14.0. The summed E-state index contributed by atoms with van der Waals surface area (Å²) >= 11 is 3.13. The number of para-hydroxylation sites is 1. The third-order valence-electron chi connectivity index (χ3n) is 4.45. The van der Waals surface area contributed by atoms with E-state index in [9.17, 15) is 17.6 Å². The number of halogens is 5. The lowest BCUT2D eigenvalue weighted by Gasteiger charge is -2.22. The lowest BCUT2D eigenvalue weighted by atomic mass is 10.0. The van der Waals surface area contributed by atoms with Gasteiger partial charge in [-0.05, 0) is 35.0 Å². The minimum absolute atomic E-state index is 0.0282. The second-order valence-electron chi connectivity index (χ2n) is 6.42. The molecule has 4 rings (SSSR count). The molecule has 0 amide bonds. The molecule has 1 atom stereocenters. The van der Waals surface area contributed by atoms with Crippen molar-refractivity contribution in [1.29, 1.82) is 0 Å². The number of rotatable bonds is 0. The van der Waals surface area contributed by atoms with Crippen LogP contribution in [-0.4, -0.2) is 23.2 Å². The van der Waals surface area contributed by atoms with Crippen LogP contribution in [0.25, 0.3) is 10.9 Å². The molecule has 0 saturated heterocycles. The molecule has 2 aromatic carbocycles. The number of fused-ring (bicyclic) bond motifs is 5. The van der Waals surface area contributed by atoms with Crippen LogP contribution in [0.4, 0.5) is 23.4 Å². The third kappa shape index (κ3) is 3.81. The Bertz CT molecular complexity index is 1090. The zero-order valence-electron chi connectivity index (χ0n) is 15.0. The fourth-order valence-corrected chi connectivity index (χ4v) is 3.46. The van der Waals surface area contributed by atoms with Gasteiger partial charge in [0.1, 0.15) is 30.6 Å². The van der Waals surface area contributed by atoms with Crippen LogP contribution >= 0.6 is 15.9 Å². The van der Waals surface area contributed by atoms with E-state index in [-0.39, 0.29) is 29.4 Å². The number of benzene rings is 2. The topological polar surface area (TPSA) is 56.3 Å². The Hall–Kier alpha value is -2.62. The zero-order valence-corrected chi connectivity index (χ0v) is 16.6. The highest BCUT2D eigenvalue weighted by Crippen LogP contribution is 2.41. The average Bonchev–Trinajstić information content (AvgIpc) is 2.67. The average molecular weight is 472 g/mol. The molecule has 0 fully saturated rings. The van der Waals surface area contributed by atoms with Crippen molar-refractivity contribution in [3.8, 4) is 11.8 Å². The van der Waals surface area contributed by atoms with Gasteiger partial charge in [-0.15, -0.1) is 0 Å². The number of hydrogen-bond acceptors (Lipinski definition) is 5. The number of alkyl halides is 3. The summed E-state index contributed by atoms with van der Waals surface area (Å²) in [5.74, 6) is -0.458. The van der Waals surface area contributed by atoms with Crippen LogP contribution in [0.2, 0.25) is 0 Å². The van der Waals surface area contributed by atoms with Crippen molar-refractivity contribution in [3.05, 3.63) is 51.7 Å². The van der Waals surface area contributed by atoms with Crippen molar-refractivity contribution in [2.45, 2.75) is 19.1 Å². The number of ether oxygens (including phenoxy) is 2. The van der Waals surface area contributed by atoms with Gasteiger partial charge >= 0.3 is 12.2 Å². The quantitative estimate of drug-likeness (QED) is 0.439. The molecule has 0 unspecified atom stereocenters. The monoisotopic (exact) mass is 471 g/mol. The summed E-state index contributed by atoms with van der Waals surface area (Å²) in [4.78, 5) is 8.48. The molecule has 29 heavy (non-hydrogen) atoms. The summed E-state index contributed by atoms with van der Waals surface area (Å²) in [6, 6.07) is 5.97. The SMILES string of the molecule is C[C@H]1Nc2nc(nc3cc(F)c(Br)cc23)OCCOc2c1cccc2C(F)(F)F. The summed E-state index contributed by atoms with van der Waals surface area (Å²) in [5, 5.41) is 3.57. The van der Waals surface area contributed by atoms with Gasteiger partial charge in [0.05, 0.1) is 21.6 Å². The number of hydrogen-bond donors (Lipinski definition) is 1. The van der Waals surface area contributed by atoms with Crippen LogP contribution in [0.15, 0.2) is 34.8 Å². The molecule has 2 bridgehead atoms. The van der Waals surface area contributed by atoms with Gasteiger partial charge in [-0.1, -0.05) is 12.1 Å². The van der Waals surface area contributed by atoms with Crippen LogP contribution in [0.3, 0.4) is 0 Å². The Morgan fingerprint density at radius 3 is 2.66 bits per heavy atom. The molecule has 0 saturated carbocycles. The largest absolute Gasteiger partial charge is 0.489 e. The predicted octanol–water partition coefficient (Wildman–Crippen LogP) is 5.49. The first-order chi connectivity index (χ1) is 13.7. The van der Waals surface area contributed by atoms with E-state index in [2.05, 4.69) is 31.2 Å². The third-order valence-corrected chi connectivity index (χ3v) is 5.06. The van der Waals surface area contributed by atoms with E-state index in [1.807, 2.05) is 0 Å². The van der Waals surface area contributed by atoms with Crippen molar-refractivity contribution < 1.29 is 27.0 Å². The molecule has 1 aliphatic rings. The standard InChI is InChI=1S/C19H14BrF4N3O2/c1-9-10-3-2-4-12(19(22,23)24)16(10)28-5-6-29-18-26-15-8-14(21)13(20)7-11(15)17(25-9)27-18/h2-4,7-9H,5-6H2,1H3,(H,25,26,27)/t9-/m1/s1. The van der Waals surface area contributed by atoms with E-state index < -0.39 is 23.6 Å². The highest BCUT2D eigenvalue weighted by molar-refractivity contribution is 9.10. The molecule has 1 N–H and O–H groups in total. The van der Waals surface area contributed by atoms with Gasteiger partial charge in [0.25, 0.3) is 0 Å². The maximum atomic E-state index is 14.0. The van der Waals surface area contributed by atoms with E-state index in [1.165, 1.54) is 18.2 Å². The highest BCUT2D eigenvalue weighted by Gasteiger charge is 2.36. The lowest BCUT2D eigenvalue weighted by molar-refractivity contribution is -0.139. The number of nitrogens with one attached hydrogen (secondary N) is 1. The van der Waals surface area contributed by atoms with E-state index in [1.54, 1.807) is 13.0 Å². The molecule has 5 nitrogen and oxygen atoms in total. The molecular formula is C19H14BrF4N3O2. The normalized spacial score (nSPS) is 16.8. The fourth-order valence-electron chi connectivity index (χ4n) is 3.12. The molecule has 0 radical (unpaired) electrons. The second kappa shape index (κ2) is 7.33. The minimum Gasteiger partial charge on any atom is -0.489 e. The van der Waals surface area contributed by atoms with Crippen molar-refractivity contribution in [3.63, 3.8) is 0 Å². The first-order valence-corrected chi connectivity index (χ1v) is 9.42. The minimum atomic E-state index is -4.57. The molecule has 3 aromatic rings. The van der Waals surface area contributed by atoms with Crippen LogP contribution in [0, 0.1) is 5.82 Å². The predicted molar refractivity (Wildman–Crippen MR) is 102 cm³/mol. The van der Waals surface area contributed by atoms with Gasteiger partial charge in [-0.25, -0.2) is 4.39 Å². The van der Waals surface area contributed by atoms with Gasteiger partial charge in [0.2, 0.25) is 0 Å². The Kier molecular flexibility index (Phi) is 4.97. The summed E-state index contributed by atoms with van der Waals surface area (Å²) < 4.78 is 65.5. The Labute approximate surface area is 171 Å². The molecule has 0 spiro atoms. The van der Waals surface area contributed by atoms with Crippen molar-refractivity contribution in [1.82, 2.24) is 9.97 Å². The molecule has 10 heteroatoms. The molecule has 152 valence electrons. The Morgan fingerprint density at radius 2 is 1.90 bits per heavy atom. The van der Waals surface area contributed by atoms with Crippen LogP contribution < -0.4 is 14.8 Å². The van der Waals surface area contributed by atoms with E-state index >= 15 is 0 Å². The molecule has 1 aromatic heterocycles. The van der Waals surface area contributed by atoms with Gasteiger partial charge in [-0.3, -0.25) is 0 Å². The van der Waals surface area contributed by atoms with Gasteiger partial charge in [0, 0.05) is 17.0 Å². The van der Waals surface area contributed by atoms with Gasteiger partial charge in [0.15, 0.2) is 0 Å². The molecular weight excluding hydrogens is 458 g/mol. The first kappa shape index (κ1) is 19.7. The summed E-state index contributed by atoms with van der Waals surface area (Å²) in [5.41, 5.74) is -0.249. The lowest BCUT2D eigenvalue weighted by Crippen LogP contribution is -2.16. The van der Waals surface area contributed by atoms with E-state index in [4.69, 9.17) is 9.47 Å². The number of aromatic nitrogens is 2. The van der Waals surface area contributed by atoms with Crippen molar-refractivity contribution in [2.75, 3.05) is 18.5 Å². The Morgan fingerprint density at radius 1 is 1.14 bits per heavy atom.